The molecule has 0 aliphatic heterocycles. The van der Waals surface area contributed by atoms with E-state index in [0.717, 1.165) is 16.8 Å². The Morgan fingerprint density at radius 1 is 1.00 bits per heavy atom. The van der Waals surface area contributed by atoms with E-state index in [1.165, 1.54) is 0 Å². The number of pyridine rings is 1. The van der Waals surface area contributed by atoms with Crippen LogP contribution in [0.25, 0.3) is 0 Å². The number of anilines is 1. The number of hydrogen-bond acceptors (Lipinski definition) is 4. The molecule has 3 rings (SSSR count). The van der Waals surface area contributed by atoms with Gasteiger partial charge in [-0.3, -0.25) is 9.78 Å². The summed E-state index contributed by atoms with van der Waals surface area (Å²) < 4.78 is 0. The van der Waals surface area contributed by atoms with Crippen LogP contribution in [-0.2, 0) is 17.9 Å². The van der Waals surface area contributed by atoms with Gasteiger partial charge in [0.1, 0.15) is 11.6 Å². The lowest BCUT2D eigenvalue weighted by atomic mass is 10.2. The first-order valence-electron chi connectivity index (χ1n) is 8.91. The van der Waals surface area contributed by atoms with Gasteiger partial charge in [0.2, 0.25) is 0 Å². The van der Waals surface area contributed by atoms with Crippen molar-refractivity contribution in [3.05, 3.63) is 108 Å². The molecule has 0 atom stereocenters. The third-order valence-corrected chi connectivity index (χ3v) is 4.11. The maximum Gasteiger partial charge on any atom is 0.263 e. The summed E-state index contributed by atoms with van der Waals surface area (Å²) in [4.78, 5) is 18.4. The molecule has 0 radical (unpaired) electrons. The fourth-order valence-electron chi connectivity index (χ4n) is 2.69. The summed E-state index contributed by atoms with van der Waals surface area (Å²) in [6.45, 7) is 0.863. The Kier molecular flexibility index (Phi) is 6.53. The highest BCUT2D eigenvalue weighted by molar-refractivity contribution is 5.97. The number of aromatic nitrogens is 1. The Morgan fingerprint density at radius 2 is 1.68 bits per heavy atom. The number of amides is 1. The summed E-state index contributed by atoms with van der Waals surface area (Å²) >= 11 is 0. The van der Waals surface area contributed by atoms with Gasteiger partial charge in [0.25, 0.3) is 5.91 Å². The fraction of sp³-hybridized carbons (Fsp3) is 0.0870. The van der Waals surface area contributed by atoms with Gasteiger partial charge in [0.05, 0.1) is 0 Å². The Morgan fingerprint density at radius 3 is 2.32 bits per heavy atom. The molecule has 138 valence electrons. The van der Waals surface area contributed by atoms with Crippen LogP contribution in [-0.4, -0.2) is 10.9 Å². The molecule has 0 aliphatic rings. The molecule has 1 aromatic heterocycles. The average molecular weight is 368 g/mol. The highest BCUT2D eigenvalue weighted by atomic mass is 16.1. The summed E-state index contributed by atoms with van der Waals surface area (Å²) in [6, 6.07) is 25.3. The Labute approximate surface area is 164 Å². The average Bonchev–Trinajstić information content (AvgIpc) is 2.77. The minimum atomic E-state index is -0.416. The van der Waals surface area contributed by atoms with Gasteiger partial charge in [0.15, 0.2) is 0 Å². The first kappa shape index (κ1) is 18.9. The number of rotatable bonds is 7. The van der Waals surface area contributed by atoms with Crippen molar-refractivity contribution in [2.24, 2.45) is 0 Å². The number of carbonyl (C=O) groups excluding carboxylic acids is 1. The maximum atomic E-state index is 12.5. The Balaban J connectivity index is 1.80. The zero-order chi connectivity index (χ0) is 19.6. The van der Waals surface area contributed by atoms with E-state index in [-0.39, 0.29) is 5.57 Å². The quantitative estimate of drug-likeness (QED) is 0.509. The van der Waals surface area contributed by atoms with Crippen molar-refractivity contribution in [2.75, 3.05) is 4.90 Å². The zero-order valence-electron chi connectivity index (χ0n) is 15.3. The standard InChI is InChI=1S/C23H20N4O/c24-14-21(23(28)26-16-20-10-7-13-25-15-20)18-27(22-11-5-2-6-12-22)17-19-8-3-1-4-9-19/h1-13,15,18H,16-17H2,(H,26,28)/b21-18-. The molecule has 2 aromatic carbocycles. The molecule has 5 nitrogen and oxygen atoms in total. The molecular formula is C23H20N4O. The Bertz CT molecular complexity index is 964. The van der Waals surface area contributed by atoms with Crippen molar-refractivity contribution < 1.29 is 4.79 Å². The molecule has 0 saturated heterocycles. The lowest BCUT2D eigenvalue weighted by molar-refractivity contribution is -0.117. The number of nitriles is 1. The second-order valence-corrected chi connectivity index (χ2v) is 6.15. The van der Waals surface area contributed by atoms with E-state index in [1.54, 1.807) is 24.7 Å². The van der Waals surface area contributed by atoms with Crippen LogP contribution in [0.3, 0.4) is 0 Å². The van der Waals surface area contributed by atoms with Gasteiger partial charge in [0, 0.05) is 37.4 Å². The van der Waals surface area contributed by atoms with E-state index in [1.807, 2.05) is 77.7 Å². The monoisotopic (exact) mass is 368 g/mol. The topological polar surface area (TPSA) is 69.0 Å². The van der Waals surface area contributed by atoms with Crippen LogP contribution < -0.4 is 10.2 Å². The number of para-hydroxylation sites is 1. The summed E-state index contributed by atoms with van der Waals surface area (Å²) in [5, 5.41) is 12.3. The molecule has 1 amide bonds. The van der Waals surface area contributed by atoms with Crippen LogP contribution in [0.4, 0.5) is 5.69 Å². The number of carbonyl (C=O) groups is 1. The van der Waals surface area contributed by atoms with E-state index in [2.05, 4.69) is 10.3 Å². The fourth-order valence-corrected chi connectivity index (χ4v) is 2.69. The number of benzene rings is 2. The molecule has 0 unspecified atom stereocenters. The first-order chi connectivity index (χ1) is 13.8. The number of nitrogens with one attached hydrogen (secondary N) is 1. The molecule has 3 aromatic rings. The van der Waals surface area contributed by atoms with E-state index in [4.69, 9.17) is 0 Å². The van der Waals surface area contributed by atoms with Crippen molar-refractivity contribution in [2.45, 2.75) is 13.1 Å². The predicted octanol–water partition coefficient (Wildman–Crippen LogP) is 3.81. The zero-order valence-corrected chi connectivity index (χ0v) is 15.3. The van der Waals surface area contributed by atoms with Crippen LogP contribution in [0, 0.1) is 11.3 Å². The van der Waals surface area contributed by atoms with Gasteiger partial charge in [-0.1, -0.05) is 54.6 Å². The van der Waals surface area contributed by atoms with Gasteiger partial charge in [-0.2, -0.15) is 5.26 Å². The largest absolute Gasteiger partial charge is 0.347 e. The second-order valence-electron chi connectivity index (χ2n) is 6.15. The van der Waals surface area contributed by atoms with Crippen LogP contribution in [0.15, 0.2) is 97.0 Å². The smallest absolute Gasteiger partial charge is 0.263 e. The van der Waals surface area contributed by atoms with Gasteiger partial charge < -0.3 is 10.2 Å². The van der Waals surface area contributed by atoms with E-state index >= 15 is 0 Å². The van der Waals surface area contributed by atoms with E-state index < -0.39 is 5.91 Å². The normalized spacial score (nSPS) is 10.8. The third-order valence-electron chi connectivity index (χ3n) is 4.11. The maximum absolute atomic E-state index is 12.5. The van der Waals surface area contributed by atoms with Crippen molar-refractivity contribution in [3.63, 3.8) is 0 Å². The predicted molar refractivity (Wildman–Crippen MR) is 109 cm³/mol. The molecule has 0 fully saturated rings. The molecular weight excluding hydrogens is 348 g/mol. The van der Waals surface area contributed by atoms with Gasteiger partial charge in [-0.25, -0.2) is 0 Å². The summed E-state index contributed by atoms with van der Waals surface area (Å²) in [5.41, 5.74) is 2.90. The Hall–Kier alpha value is -3.91. The van der Waals surface area contributed by atoms with Crippen molar-refractivity contribution in [1.29, 1.82) is 5.26 Å². The van der Waals surface area contributed by atoms with Gasteiger partial charge >= 0.3 is 0 Å². The molecule has 0 saturated carbocycles. The minimum Gasteiger partial charge on any atom is -0.347 e. The van der Waals surface area contributed by atoms with Crippen molar-refractivity contribution in [3.8, 4) is 6.07 Å². The van der Waals surface area contributed by atoms with Crippen LogP contribution in [0.1, 0.15) is 11.1 Å². The van der Waals surface area contributed by atoms with Crippen molar-refractivity contribution >= 4 is 11.6 Å². The van der Waals surface area contributed by atoms with Gasteiger partial charge in [-0.15, -0.1) is 0 Å². The lowest BCUT2D eigenvalue weighted by Crippen LogP contribution is -2.26. The first-order valence-corrected chi connectivity index (χ1v) is 8.91. The molecule has 0 spiro atoms. The van der Waals surface area contributed by atoms with Crippen molar-refractivity contribution in [1.82, 2.24) is 10.3 Å². The molecule has 0 bridgehead atoms. The molecule has 28 heavy (non-hydrogen) atoms. The molecule has 1 heterocycles. The third kappa shape index (κ3) is 5.29. The van der Waals surface area contributed by atoms with Crippen LogP contribution >= 0.6 is 0 Å². The van der Waals surface area contributed by atoms with Crippen LogP contribution in [0.5, 0.6) is 0 Å². The highest BCUT2D eigenvalue weighted by Gasteiger charge is 2.13. The van der Waals surface area contributed by atoms with Crippen LogP contribution in [0.2, 0.25) is 0 Å². The minimum absolute atomic E-state index is 0.0451. The number of nitrogens with zero attached hydrogens (tertiary/aromatic N) is 3. The van der Waals surface area contributed by atoms with E-state index in [9.17, 15) is 10.1 Å². The number of hydrogen-bond donors (Lipinski definition) is 1. The van der Waals surface area contributed by atoms with E-state index in [0.29, 0.717) is 13.1 Å². The summed E-state index contributed by atoms with van der Waals surface area (Å²) in [6.07, 6.45) is 4.95. The summed E-state index contributed by atoms with van der Waals surface area (Å²) in [5.74, 6) is -0.416. The SMILES string of the molecule is N#C/C(=C/N(Cc1ccccc1)c1ccccc1)C(=O)NCc1cccnc1. The summed E-state index contributed by atoms with van der Waals surface area (Å²) in [7, 11) is 0. The second kappa shape index (κ2) is 9.70. The molecule has 5 heteroatoms. The lowest BCUT2D eigenvalue weighted by Gasteiger charge is -2.21. The molecule has 1 N–H and O–H groups in total. The highest BCUT2D eigenvalue weighted by Crippen LogP contribution is 2.18. The molecule has 0 aliphatic carbocycles. The van der Waals surface area contributed by atoms with Gasteiger partial charge in [-0.05, 0) is 29.3 Å².